The zero-order valence-electron chi connectivity index (χ0n) is 12.2. The standard InChI is InChI=1S/C16H25NO2/c1-12-4-5-15(19-3)14(10-12)16(11-17-2)8-6-13(18)7-9-16/h4-5,10,13,17-18H,6-9,11H2,1-3H3. The van der Waals surface area contributed by atoms with E-state index in [9.17, 15) is 5.11 Å². The number of aliphatic hydroxyl groups excluding tert-OH is 1. The molecule has 0 heterocycles. The topological polar surface area (TPSA) is 41.5 Å². The van der Waals surface area contributed by atoms with Crippen molar-refractivity contribution in [3.05, 3.63) is 29.3 Å². The van der Waals surface area contributed by atoms with Crippen LogP contribution in [0.25, 0.3) is 0 Å². The third-order valence-electron chi connectivity index (χ3n) is 4.35. The van der Waals surface area contributed by atoms with Crippen LogP contribution in [-0.2, 0) is 5.41 Å². The van der Waals surface area contributed by atoms with Crippen LogP contribution in [0.1, 0.15) is 36.8 Å². The maximum Gasteiger partial charge on any atom is 0.122 e. The average Bonchev–Trinajstić information content (AvgIpc) is 2.42. The lowest BCUT2D eigenvalue weighted by molar-refractivity contribution is 0.0943. The number of hydrogen-bond donors (Lipinski definition) is 2. The van der Waals surface area contributed by atoms with Crippen LogP contribution in [-0.4, -0.2) is 31.9 Å². The van der Waals surface area contributed by atoms with Crippen LogP contribution in [0, 0.1) is 6.92 Å². The van der Waals surface area contributed by atoms with Crippen LogP contribution >= 0.6 is 0 Å². The smallest absolute Gasteiger partial charge is 0.122 e. The van der Waals surface area contributed by atoms with Crippen molar-refractivity contribution in [1.82, 2.24) is 5.32 Å². The van der Waals surface area contributed by atoms with E-state index in [-0.39, 0.29) is 11.5 Å². The van der Waals surface area contributed by atoms with Gasteiger partial charge < -0.3 is 15.2 Å². The molecule has 0 radical (unpaired) electrons. The number of likely N-dealkylation sites (N-methyl/N-ethyl adjacent to an activating group) is 1. The van der Waals surface area contributed by atoms with Crippen molar-refractivity contribution in [2.45, 2.75) is 44.1 Å². The Balaban J connectivity index is 2.41. The highest BCUT2D eigenvalue weighted by Gasteiger charge is 2.37. The summed E-state index contributed by atoms with van der Waals surface area (Å²) in [5, 5.41) is 13.1. The molecule has 0 aromatic heterocycles. The fourth-order valence-electron chi connectivity index (χ4n) is 3.27. The molecule has 2 rings (SSSR count). The van der Waals surface area contributed by atoms with Gasteiger partial charge in [-0.2, -0.15) is 0 Å². The first-order chi connectivity index (χ1) is 9.11. The van der Waals surface area contributed by atoms with Gasteiger partial charge in [-0.15, -0.1) is 0 Å². The first-order valence-electron chi connectivity index (χ1n) is 7.09. The summed E-state index contributed by atoms with van der Waals surface area (Å²) in [7, 11) is 3.73. The van der Waals surface area contributed by atoms with E-state index in [1.54, 1.807) is 7.11 Å². The Kier molecular flexibility index (Phi) is 4.48. The average molecular weight is 263 g/mol. The Bertz CT molecular complexity index is 423. The van der Waals surface area contributed by atoms with Crippen molar-refractivity contribution in [2.75, 3.05) is 20.7 Å². The Labute approximate surface area is 116 Å². The summed E-state index contributed by atoms with van der Waals surface area (Å²) in [6, 6.07) is 6.40. The fraction of sp³-hybridized carbons (Fsp3) is 0.625. The minimum absolute atomic E-state index is 0.0886. The van der Waals surface area contributed by atoms with Crippen LogP contribution in [0.5, 0.6) is 5.75 Å². The summed E-state index contributed by atoms with van der Waals surface area (Å²) in [5.74, 6) is 0.970. The molecule has 3 nitrogen and oxygen atoms in total. The third kappa shape index (κ3) is 2.93. The highest BCUT2D eigenvalue weighted by molar-refractivity contribution is 5.43. The number of aryl methyl sites for hydroxylation is 1. The second kappa shape index (κ2) is 5.93. The minimum atomic E-state index is -0.138. The summed E-state index contributed by atoms with van der Waals surface area (Å²) >= 11 is 0. The molecular weight excluding hydrogens is 238 g/mol. The molecule has 0 aliphatic heterocycles. The van der Waals surface area contributed by atoms with Crippen molar-refractivity contribution < 1.29 is 9.84 Å². The van der Waals surface area contributed by atoms with Crippen LogP contribution in [0.15, 0.2) is 18.2 Å². The van der Waals surface area contributed by atoms with Crippen LogP contribution in [0.3, 0.4) is 0 Å². The van der Waals surface area contributed by atoms with Gasteiger partial charge in [0.25, 0.3) is 0 Å². The van der Waals surface area contributed by atoms with Gasteiger partial charge in [-0.25, -0.2) is 0 Å². The van der Waals surface area contributed by atoms with E-state index >= 15 is 0 Å². The molecule has 1 fully saturated rings. The number of ether oxygens (including phenoxy) is 1. The molecule has 1 aromatic carbocycles. The highest BCUT2D eigenvalue weighted by atomic mass is 16.5. The van der Waals surface area contributed by atoms with Crippen molar-refractivity contribution in [1.29, 1.82) is 0 Å². The van der Waals surface area contributed by atoms with Crippen molar-refractivity contribution in [3.63, 3.8) is 0 Å². The molecular formula is C16H25NO2. The molecule has 0 atom stereocenters. The Morgan fingerprint density at radius 2 is 2.05 bits per heavy atom. The lowest BCUT2D eigenvalue weighted by atomic mass is 9.68. The molecule has 1 aliphatic carbocycles. The number of hydrogen-bond acceptors (Lipinski definition) is 3. The highest BCUT2D eigenvalue weighted by Crippen LogP contribution is 2.43. The van der Waals surface area contributed by atoms with E-state index in [1.807, 2.05) is 7.05 Å². The van der Waals surface area contributed by atoms with Gasteiger partial charge in [0.15, 0.2) is 0 Å². The van der Waals surface area contributed by atoms with E-state index in [0.29, 0.717) is 0 Å². The molecule has 0 saturated heterocycles. The fourth-order valence-corrected chi connectivity index (χ4v) is 3.27. The quantitative estimate of drug-likeness (QED) is 0.876. The predicted molar refractivity (Wildman–Crippen MR) is 77.8 cm³/mol. The maximum atomic E-state index is 9.79. The molecule has 2 N–H and O–H groups in total. The summed E-state index contributed by atoms with van der Waals surface area (Å²) in [4.78, 5) is 0. The molecule has 106 valence electrons. The number of rotatable bonds is 4. The Morgan fingerprint density at radius 1 is 1.37 bits per heavy atom. The van der Waals surface area contributed by atoms with Gasteiger partial charge in [0.1, 0.15) is 5.75 Å². The van der Waals surface area contributed by atoms with Crippen molar-refractivity contribution in [2.24, 2.45) is 0 Å². The van der Waals surface area contributed by atoms with E-state index in [4.69, 9.17) is 4.74 Å². The Hall–Kier alpha value is -1.06. The van der Waals surface area contributed by atoms with Gasteiger partial charge in [0.2, 0.25) is 0 Å². The van der Waals surface area contributed by atoms with Crippen LogP contribution in [0.4, 0.5) is 0 Å². The molecule has 3 heteroatoms. The summed E-state index contributed by atoms with van der Waals surface area (Å²) in [5.41, 5.74) is 2.64. The monoisotopic (exact) mass is 263 g/mol. The van der Waals surface area contributed by atoms with Crippen molar-refractivity contribution in [3.8, 4) is 5.75 Å². The molecule has 19 heavy (non-hydrogen) atoms. The zero-order valence-corrected chi connectivity index (χ0v) is 12.2. The minimum Gasteiger partial charge on any atom is -0.496 e. The predicted octanol–water partition coefficient (Wildman–Crippen LogP) is 2.40. The molecule has 0 spiro atoms. The van der Waals surface area contributed by atoms with Crippen LogP contribution in [0.2, 0.25) is 0 Å². The molecule has 0 bridgehead atoms. The molecule has 1 aromatic rings. The molecule has 1 aliphatic rings. The number of methoxy groups -OCH3 is 1. The lowest BCUT2D eigenvalue weighted by Crippen LogP contribution is -2.41. The second-order valence-corrected chi connectivity index (χ2v) is 5.75. The second-order valence-electron chi connectivity index (χ2n) is 5.75. The van der Waals surface area contributed by atoms with Gasteiger partial charge in [0, 0.05) is 17.5 Å². The molecule has 1 saturated carbocycles. The van der Waals surface area contributed by atoms with Gasteiger partial charge in [-0.3, -0.25) is 0 Å². The number of benzene rings is 1. The van der Waals surface area contributed by atoms with E-state index < -0.39 is 0 Å². The first-order valence-corrected chi connectivity index (χ1v) is 7.09. The zero-order chi connectivity index (χ0) is 13.9. The van der Waals surface area contributed by atoms with Crippen LogP contribution < -0.4 is 10.1 Å². The summed E-state index contributed by atoms with van der Waals surface area (Å²) < 4.78 is 5.56. The first kappa shape index (κ1) is 14.4. The normalized spacial score (nSPS) is 27.3. The summed E-state index contributed by atoms with van der Waals surface area (Å²) in [6.45, 7) is 3.05. The summed E-state index contributed by atoms with van der Waals surface area (Å²) in [6.07, 6.45) is 3.63. The maximum absolute atomic E-state index is 9.79. The van der Waals surface area contributed by atoms with E-state index in [2.05, 4.69) is 30.4 Å². The van der Waals surface area contributed by atoms with Gasteiger partial charge in [-0.1, -0.05) is 17.7 Å². The van der Waals surface area contributed by atoms with Gasteiger partial charge in [0.05, 0.1) is 13.2 Å². The lowest BCUT2D eigenvalue weighted by Gasteiger charge is -2.40. The van der Waals surface area contributed by atoms with E-state index in [0.717, 1.165) is 38.0 Å². The number of nitrogens with one attached hydrogen (secondary N) is 1. The van der Waals surface area contributed by atoms with Crippen molar-refractivity contribution >= 4 is 0 Å². The Morgan fingerprint density at radius 3 is 2.63 bits per heavy atom. The number of aliphatic hydroxyl groups is 1. The SMILES string of the molecule is CNCC1(c2cc(C)ccc2OC)CCC(O)CC1. The molecule has 0 unspecified atom stereocenters. The molecule has 0 amide bonds. The van der Waals surface area contributed by atoms with E-state index in [1.165, 1.54) is 11.1 Å². The third-order valence-corrected chi connectivity index (χ3v) is 4.35. The van der Waals surface area contributed by atoms with Gasteiger partial charge in [-0.05, 0) is 45.7 Å². The van der Waals surface area contributed by atoms with Gasteiger partial charge >= 0.3 is 0 Å². The largest absolute Gasteiger partial charge is 0.496 e.